The minimum atomic E-state index is -0.930. The SMILES string of the molecule is CC(C)c1nc(-c2cccc(NC(=O)[C@H]3[C@H](C(=O)O)C3(C)C)c2)n[nH]1. The Morgan fingerprint density at radius 3 is 2.56 bits per heavy atom. The molecule has 3 rings (SSSR count). The topological polar surface area (TPSA) is 108 Å². The molecule has 0 bridgehead atoms. The van der Waals surface area contributed by atoms with Gasteiger partial charge in [0.2, 0.25) is 5.91 Å². The van der Waals surface area contributed by atoms with Gasteiger partial charge in [0.15, 0.2) is 5.82 Å². The highest BCUT2D eigenvalue weighted by molar-refractivity contribution is 6.00. The number of amides is 1. The van der Waals surface area contributed by atoms with Crippen molar-refractivity contribution in [2.45, 2.75) is 33.6 Å². The molecule has 0 radical (unpaired) electrons. The van der Waals surface area contributed by atoms with E-state index in [4.69, 9.17) is 0 Å². The van der Waals surface area contributed by atoms with Crippen LogP contribution in [0.5, 0.6) is 0 Å². The van der Waals surface area contributed by atoms with Crippen LogP contribution in [0.4, 0.5) is 5.69 Å². The average Bonchev–Trinajstić information content (AvgIpc) is 2.91. The monoisotopic (exact) mass is 342 g/mol. The number of nitrogens with one attached hydrogen (secondary N) is 2. The van der Waals surface area contributed by atoms with E-state index >= 15 is 0 Å². The number of benzene rings is 1. The van der Waals surface area contributed by atoms with Crippen LogP contribution in [0, 0.1) is 17.3 Å². The van der Waals surface area contributed by atoms with Crippen molar-refractivity contribution in [1.82, 2.24) is 15.2 Å². The summed E-state index contributed by atoms with van der Waals surface area (Å²) in [7, 11) is 0. The summed E-state index contributed by atoms with van der Waals surface area (Å²) in [6.45, 7) is 7.65. The number of hydrogen-bond acceptors (Lipinski definition) is 4. The molecular formula is C18H22N4O3. The highest BCUT2D eigenvalue weighted by Crippen LogP contribution is 2.58. The van der Waals surface area contributed by atoms with Gasteiger partial charge in [-0.2, -0.15) is 5.10 Å². The van der Waals surface area contributed by atoms with Gasteiger partial charge in [-0.25, -0.2) is 4.98 Å². The molecule has 2 aromatic rings. The standard InChI is InChI=1S/C18H22N4O3/c1-9(2)14-20-15(22-21-14)10-6-5-7-11(8-10)19-16(23)12-13(17(24)25)18(12,3)4/h5-9,12-13H,1-4H3,(H,19,23)(H,24,25)(H,20,21,22)/t12-,13-/m1/s1. The Labute approximate surface area is 145 Å². The number of carbonyl (C=O) groups is 2. The van der Waals surface area contributed by atoms with E-state index in [1.54, 1.807) is 26.0 Å². The number of carbonyl (C=O) groups excluding carboxylic acids is 1. The fraction of sp³-hybridized carbons (Fsp3) is 0.444. The first-order valence-electron chi connectivity index (χ1n) is 8.28. The van der Waals surface area contributed by atoms with E-state index in [9.17, 15) is 14.7 Å². The molecule has 25 heavy (non-hydrogen) atoms. The largest absolute Gasteiger partial charge is 0.481 e. The lowest BCUT2D eigenvalue weighted by Gasteiger charge is -2.07. The molecule has 1 aromatic carbocycles. The molecular weight excluding hydrogens is 320 g/mol. The minimum absolute atomic E-state index is 0.245. The molecule has 1 aromatic heterocycles. The number of nitrogens with zero attached hydrogens (tertiary/aromatic N) is 2. The second-order valence-electron chi connectivity index (χ2n) is 7.38. The number of carboxylic acid groups (broad SMARTS) is 1. The van der Waals surface area contributed by atoms with E-state index in [1.807, 2.05) is 26.0 Å². The van der Waals surface area contributed by atoms with Crippen molar-refractivity contribution in [2.75, 3.05) is 5.32 Å². The minimum Gasteiger partial charge on any atom is -0.481 e. The van der Waals surface area contributed by atoms with E-state index in [2.05, 4.69) is 20.5 Å². The predicted molar refractivity (Wildman–Crippen MR) is 92.9 cm³/mol. The van der Waals surface area contributed by atoms with Crippen LogP contribution in [0.3, 0.4) is 0 Å². The molecule has 7 nitrogen and oxygen atoms in total. The number of hydrogen-bond donors (Lipinski definition) is 3. The van der Waals surface area contributed by atoms with Crippen molar-refractivity contribution in [3.05, 3.63) is 30.1 Å². The number of aliphatic carboxylic acids is 1. The summed E-state index contributed by atoms with van der Waals surface area (Å²) in [5, 5.41) is 19.1. The first-order valence-corrected chi connectivity index (χ1v) is 8.28. The Kier molecular flexibility index (Phi) is 4.10. The summed E-state index contributed by atoms with van der Waals surface area (Å²) in [5.74, 6) is -0.757. The zero-order valence-corrected chi connectivity index (χ0v) is 14.7. The van der Waals surface area contributed by atoms with Gasteiger partial charge in [0.25, 0.3) is 0 Å². The Balaban J connectivity index is 1.76. The average molecular weight is 342 g/mol. The van der Waals surface area contributed by atoms with Crippen LogP contribution in [-0.4, -0.2) is 32.2 Å². The summed E-state index contributed by atoms with van der Waals surface area (Å²) in [6.07, 6.45) is 0. The summed E-state index contributed by atoms with van der Waals surface area (Å²) >= 11 is 0. The zero-order chi connectivity index (χ0) is 18.4. The van der Waals surface area contributed by atoms with Gasteiger partial charge in [-0.1, -0.05) is 39.8 Å². The van der Waals surface area contributed by atoms with Gasteiger partial charge < -0.3 is 10.4 Å². The van der Waals surface area contributed by atoms with Crippen LogP contribution in [0.1, 0.15) is 39.4 Å². The normalized spacial score (nSPS) is 21.2. The fourth-order valence-corrected chi connectivity index (χ4v) is 3.21. The smallest absolute Gasteiger partial charge is 0.307 e. The van der Waals surface area contributed by atoms with E-state index in [0.29, 0.717) is 11.5 Å². The number of H-pyrrole nitrogens is 1. The van der Waals surface area contributed by atoms with E-state index < -0.39 is 23.2 Å². The number of anilines is 1. The summed E-state index contributed by atoms with van der Waals surface area (Å²) in [6, 6.07) is 7.23. The fourth-order valence-electron chi connectivity index (χ4n) is 3.21. The molecule has 1 aliphatic carbocycles. The van der Waals surface area contributed by atoms with Crippen molar-refractivity contribution in [2.24, 2.45) is 17.3 Å². The molecule has 0 spiro atoms. The molecule has 0 unspecified atom stereocenters. The Bertz CT molecular complexity index is 825. The molecule has 2 atom stereocenters. The van der Waals surface area contributed by atoms with Crippen molar-refractivity contribution in [1.29, 1.82) is 0 Å². The van der Waals surface area contributed by atoms with E-state index in [-0.39, 0.29) is 11.8 Å². The molecule has 132 valence electrons. The maximum absolute atomic E-state index is 12.4. The van der Waals surface area contributed by atoms with Gasteiger partial charge in [-0.05, 0) is 17.5 Å². The molecule has 1 saturated carbocycles. The number of aromatic nitrogens is 3. The van der Waals surface area contributed by atoms with Crippen LogP contribution in [-0.2, 0) is 9.59 Å². The zero-order valence-electron chi connectivity index (χ0n) is 14.7. The van der Waals surface area contributed by atoms with Crippen molar-refractivity contribution < 1.29 is 14.7 Å². The summed E-state index contributed by atoms with van der Waals surface area (Å²) in [4.78, 5) is 28.1. The molecule has 0 saturated heterocycles. The van der Waals surface area contributed by atoms with Crippen molar-refractivity contribution in [3.63, 3.8) is 0 Å². The van der Waals surface area contributed by atoms with Crippen LogP contribution < -0.4 is 5.32 Å². The van der Waals surface area contributed by atoms with Gasteiger partial charge in [-0.15, -0.1) is 0 Å². The second kappa shape index (κ2) is 5.98. The molecule has 1 aliphatic rings. The maximum Gasteiger partial charge on any atom is 0.307 e. The molecule has 3 N–H and O–H groups in total. The summed E-state index contributed by atoms with van der Waals surface area (Å²) in [5.41, 5.74) is 0.861. The van der Waals surface area contributed by atoms with Crippen molar-refractivity contribution in [3.8, 4) is 11.4 Å². The first-order chi connectivity index (χ1) is 11.7. The van der Waals surface area contributed by atoms with Crippen LogP contribution in [0.2, 0.25) is 0 Å². The number of rotatable bonds is 5. The predicted octanol–water partition coefficient (Wildman–Crippen LogP) is 2.89. The first kappa shape index (κ1) is 17.1. The van der Waals surface area contributed by atoms with Gasteiger partial charge in [-0.3, -0.25) is 14.7 Å². The molecule has 0 aliphatic heterocycles. The Morgan fingerprint density at radius 1 is 1.28 bits per heavy atom. The lowest BCUT2D eigenvalue weighted by molar-refractivity contribution is -0.140. The van der Waals surface area contributed by atoms with Crippen molar-refractivity contribution >= 4 is 17.6 Å². The van der Waals surface area contributed by atoms with Gasteiger partial charge in [0, 0.05) is 17.2 Å². The molecule has 7 heteroatoms. The third-order valence-corrected chi connectivity index (χ3v) is 4.81. The van der Waals surface area contributed by atoms with Crippen LogP contribution >= 0.6 is 0 Å². The number of aromatic amines is 1. The number of carboxylic acids is 1. The quantitative estimate of drug-likeness (QED) is 0.774. The summed E-state index contributed by atoms with van der Waals surface area (Å²) < 4.78 is 0. The van der Waals surface area contributed by atoms with E-state index in [0.717, 1.165) is 11.4 Å². The van der Waals surface area contributed by atoms with Gasteiger partial charge in [0.1, 0.15) is 5.82 Å². The van der Waals surface area contributed by atoms with Gasteiger partial charge >= 0.3 is 5.97 Å². The Morgan fingerprint density at radius 2 is 2.00 bits per heavy atom. The lowest BCUT2D eigenvalue weighted by atomic mass is 10.1. The third-order valence-electron chi connectivity index (χ3n) is 4.81. The highest BCUT2D eigenvalue weighted by Gasteiger charge is 2.65. The lowest BCUT2D eigenvalue weighted by Crippen LogP contribution is -2.17. The van der Waals surface area contributed by atoms with Crippen LogP contribution in [0.15, 0.2) is 24.3 Å². The van der Waals surface area contributed by atoms with E-state index in [1.165, 1.54) is 0 Å². The molecule has 1 heterocycles. The van der Waals surface area contributed by atoms with Gasteiger partial charge in [0.05, 0.1) is 11.8 Å². The molecule has 1 fully saturated rings. The second-order valence-corrected chi connectivity index (χ2v) is 7.38. The maximum atomic E-state index is 12.4. The van der Waals surface area contributed by atoms with Crippen LogP contribution in [0.25, 0.3) is 11.4 Å². The highest BCUT2D eigenvalue weighted by atomic mass is 16.4. The molecule has 1 amide bonds. The Hall–Kier alpha value is -2.70. The third kappa shape index (κ3) is 3.14.